The van der Waals surface area contributed by atoms with Crippen LogP contribution in [0.4, 0.5) is 5.82 Å². The van der Waals surface area contributed by atoms with E-state index < -0.39 is 11.9 Å². The van der Waals surface area contributed by atoms with E-state index in [0.29, 0.717) is 55.2 Å². The molecule has 3 aliphatic carbocycles. The molecule has 0 radical (unpaired) electrons. The highest BCUT2D eigenvalue weighted by Crippen LogP contribution is 2.48. The summed E-state index contributed by atoms with van der Waals surface area (Å²) in [5, 5.41) is 7.42. The molecule has 0 amide bonds. The summed E-state index contributed by atoms with van der Waals surface area (Å²) in [4.78, 5) is 79.5. The number of carbonyl (C=O) groups is 5. The molecule has 344 valence electrons. The summed E-state index contributed by atoms with van der Waals surface area (Å²) in [7, 11) is 6.91. The lowest BCUT2D eigenvalue weighted by Crippen LogP contribution is -2.34. The quantitative estimate of drug-likeness (QED) is 0.102. The summed E-state index contributed by atoms with van der Waals surface area (Å²) < 4.78 is 23.9. The highest BCUT2D eigenvalue weighted by molar-refractivity contribution is 7.71. The Labute approximate surface area is 404 Å². The normalized spacial score (nSPS) is 13.9. The van der Waals surface area contributed by atoms with Crippen molar-refractivity contribution in [1.82, 2.24) is 35.8 Å². The number of hydrogen-bond donors (Lipinski definition) is 2. The number of fused-ring (bicyclic) bond motifs is 6. The summed E-state index contributed by atoms with van der Waals surface area (Å²) >= 11 is 12.7. The molecule has 3 aliphatic rings. The Morgan fingerprint density at radius 3 is 1.78 bits per heavy atom. The maximum absolute atomic E-state index is 13.6. The number of allylic oxidation sites excluding steroid dienone is 2. The summed E-state index contributed by atoms with van der Waals surface area (Å²) in [6, 6.07) is 27.0. The van der Waals surface area contributed by atoms with Crippen LogP contribution >= 0.6 is 47.9 Å². The van der Waals surface area contributed by atoms with Gasteiger partial charge >= 0.3 is 0 Å². The number of nitrogens with two attached hydrogens (primary N) is 1. The number of anilines is 1. The maximum Gasteiger partial charge on any atom is 0.300 e. The van der Waals surface area contributed by atoms with Crippen molar-refractivity contribution in [1.29, 1.82) is 0 Å². The minimum atomic E-state index is -0.833. The number of aromatic nitrogens is 8. The van der Waals surface area contributed by atoms with Crippen molar-refractivity contribution in [3.8, 4) is 0 Å². The molecule has 4 aromatic heterocycles. The molecule has 17 nitrogen and oxygen atoms in total. The van der Waals surface area contributed by atoms with Crippen LogP contribution in [0.1, 0.15) is 83.1 Å². The second kappa shape index (κ2) is 20.1. The van der Waals surface area contributed by atoms with Gasteiger partial charge in [0.15, 0.2) is 26.9 Å². The lowest BCUT2D eigenvalue weighted by molar-refractivity contribution is -0.134. The lowest BCUT2D eigenvalue weighted by Gasteiger charge is -2.29. The summed E-state index contributed by atoms with van der Waals surface area (Å²) in [5.74, 6) is -1.04. The van der Waals surface area contributed by atoms with Crippen LogP contribution in [-0.2, 0) is 39.4 Å². The molecular formula is C47H39N9O8S4. The third-order valence-electron chi connectivity index (χ3n) is 11.2. The Hall–Kier alpha value is -7.59. The number of aldehydes is 1. The molecule has 0 bridgehead atoms. The topological polar surface area (TPSA) is 237 Å². The maximum atomic E-state index is 13.6. The number of Topliss-reactive ketones (excluding diaryl/α,β-unsaturated/α-hetero) is 3. The Kier molecular flexibility index (Phi) is 14.3. The van der Waals surface area contributed by atoms with E-state index in [1.165, 1.54) is 15.2 Å². The molecule has 11 rings (SSSR count). The van der Waals surface area contributed by atoms with Gasteiger partial charge in [-0.3, -0.25) is 42.7 Å². The zero-order chi connectivity index (χ0) is 49.1. The van der Waals surface area contributed by atoms with E-state index in [0.717, 1.165) is 81.1 Å². The average molecular weight is 986 g/mol. The number of nitrogens with zero attached hydrogens (tertiary/aromatic N) is 8. The van der Waals surface area contributed by atoms with Crippen LogP contribution in [0.15, 0.2) is 106 Å². The lowest BCUT2D eigenvalue weighted by atomic mass is 9.76. The molecule has 0 spiro atoms. The molecule has 0 saturated heterocycles. The molecular weight excluding hydrogens is 947 g/mol. The first kappa shape index (κ1) is 48.3. The Balaban J connectivity index is 0.000000151. The predicted molar refractivity (Wildman–Crippen MR) is 264 cm³/mol. The minimum absolute atomic E-state index is 0.00935. The van der Waals surface area contributed by atoms with Gasteiger partial charge in [-0.1, -0.05) is 54.6 Å². The number of hydrogen-bond acceptors (Lipinski definition) is 16. The summed E-state index contributed by atoms with van der Waals surface area (Å²) in [6.45, 7) is 1.08. The number of ketones is 3. The van der Waals surface area contributed by atoms with Gasteiger partial charge < -0.3 is 20.0 Å². The van der Waals surface area contributed by atoms with Gasteiger partial charge in [0, 0.05) is 92.6 Å². The van der Waals surface area contributed by atoms with Crippen molar-refractivity contribution in [3.05, 3.63) is 171 Å². The van der Waals surface area contributed by atoms with Gasteiger partial charge in [-0.15, -0.1) is 0 Å². The van der Waals surface area contributed by atoms with E-state index in [2.05, 4.69) is 17.5 Å². The molecule has 3 N–H and O–H groups in total. The molecule has 0 saturated carbocycles. The zero-order valence-corrected chi connectivity index (χ0v) is 40.1. The average Bonchev–Trinajstić information content (AvgIpc) is 4.13. The van der Waals surface area contributed by atoms with Gasteiger partial charge in [0.25, 0.3) is 17.1 Å². The molecule has 1 unspecified atom stereocenters. The Morgan fingerprint density at radius 2 is 1.19 bits per heavy atom. The van der Waals surface area contributed by atoms with Crippen molar-refractivity contribution in [2.75, 3.05) is 5.73 Å². The smallest absolute Gasteiger partial charge is 0.300 e. The van der Waals surface area contributed by atoms with Crippen LogP contribution in [0.5, 0.6) is 0 Å². The first-order chi connectivity index (χ1) is 32.4. The highest BCUT2D eigenvalue weighted by Gasteiger charge is 2.42. The largest absolute Gasteiger partial charge is 0.481 e. The van der Waals surface area contributed by atoms with Gasteiger partial charge in [-0.05, 0) is 71.5 Å². The summed E-state index contributed by atoms with van der Waals surface area (Å²) in [5.41, 5.74) is 15.8. The predicted octanol–water partition coefficient (Wildman–Crippen LogP) is 6.88. The number of carboxylic acids is 1. The SMILES string of the molecule is CC(=O)O.Cn1c(N)cc(=O)n(C)c1=S.Cn1c2c(c(=O)n(C)c1=S)C(c1ccc3nsnc3c1)C1=C(C2)c2ccccc2C1=O.O=C1CC(=O)c2ccccc21.O=Cc1ccc2nsnc2c1. The standard InChI is InChI=1S/C23H16N4O2S2.C9H6O2.C7H4N2OS.C6H9N3OS.C2H4O2/c1-26-17-10-14-12-5-3-4-6-13(12)21(28)19(14)18(20(17)22(29)27(2)23(26)30)11-7-8-15-16(9-11)25-31-24-15;10-8-5-9(11)7-4-2-1-3-6(7)8;10-4-5-1-2-6-7(3-5)9-11-8-6;1-8-4(7)3-5(10)9(2)6(8)11;1-2(3)4/h3-9,18H,10H2,1-2H3;1-4H,5H2;1-4H;3H,7H2,1-2H3;1H3,(H,3,4). The number of rotatable bonds is 2. The van der Waals surface area contributed by atoms with E-state index in [9.17, 15) is 28.8 Å². The van der Waals surface area contributed by atoms with E-state index >= 15 is 0 Å². The van der Waals surface area contributed by atoms with Crippen LogP contribution in [0.25, 0.3) is 27.6 Å². The molecule has 4 heterocycles. The molecule has 0 aliphatic heterocycles. The molecule has 0 fully saturated rings. The molecule has 8 aromatic rings. The van der Waals surface area contributed by atoms with Crippen LogP contribution in [0, 0.1) is 9.54 Å². The Bertz CT molecular complexity index is 3640. The molecule has 68 heavy (non-hydrogen) atoms. The van der Waals surface area contributed by atoms with E-state index in [4.69, 9.17) is 40.1 Å². The molecule has 21 heteroatoms. The van der Waals surface area contributed by atoms with E-state index in [1.807, 2.05) is 54.1 Å². The van der Waals surface area contributed by atoms with Crippen molar-refractivity contribution in [2.45, 2.75) is 25.7 Å². The molecule has 4 aromatic carbocycles. The third kappa shape index (κ3) is 9.49. The van der Waals surface area contributed by atoms with Gasteiger partial charge in [-0.25, -0.2) is 0 Å². The fourth-order valence-electron chi connectivity index (χ4n) is 7.84. The summed E-state index contributed by atoms with van der Waals surface area (Å²) in [6.07, 6.45) is 1.36. The Morgan fingerprint density at radius 1 is 0.676 bits per heavy atom. The van der Waals surface area contributed by atoms with Crippen molar-refractivity contribution >= 4 is 111 Å². The van der Waals surface area contributed by atoms with Gasteiger partial charge in [-0.2, -0.15) is 17.5 Å². The monoisotopic (exact) mass is 985 g/mol. The fourth-order valence-corrected chi connectivity index (χ4v) is 9.26. The van der Waals surface area contributed by atoms with Crippen molar-refractivity contribution < 1.29 is 29.1 Å². The highest BCUT2D eigenvalue weighted by atomic mass is 32.1. The fraction of sp³-hybridized carbons (Fsp3) is 0.170. The number of carboxylic acid groups (broad SMARTS) is 1. The number of nitrogen functional groups attached to an aromatic ring is 1. The van der Waals surface area contributed by atoms with Crippen LogP contribution in [0.2, 0.25) is 0 Å². The third-order valence-corrected chi connectivity index (χ3v) is 13.5. The minimum Gasteiger partial charge on any atom is -0.481 e. The van der Waals surface area contributed by atoms with Crippen LogP contribution < -0.4 is 16.9 Å². The second-order valence-electron chi connectivity index (χ2n) is 15.5. The number of benzene rings is 4. The van der Waals surface area contributed by atoms with Gasteiger partial charge in [0.1, 0.15) is 34.2 Å². The first-order valence-corrected chi connectivity index (χ1v) is 22.6. The van der Waals surface area contributed by atoms with Gasteiger partial charge in [0.05, 0.1) is 29.9 Å². The van der Waals surface area contributed by atoms with Gasteiger partial charge in [0.2, 0.25) is 0 Å². The van der Waals surface area contributed by atoms with E-state index in [-0.39, 0.29) is 34.9 Å². The van der Waals surface area contributed by atoms with Crippen LogP contribution in [-0.4, -0.2) is 70.5 Å². The first-order valence-electron chi connectivity index (χ1n) is 20.4. The number of aliphatic carboxylic acids is 1. The van der Waals surface area contributed by atoms with Crippen molar-refractivity contribution in [2.24, 2.45) is 28.2 Å². The zero-order valence-electron chi connectivity index (χ0n) is 36.8. The van der Waals surface area contributed by atoms with Crippen molar-refractivity contribution in [3.63, 3.8) is 0 Å². The second-order valence-corrected chi connectivity index (χ2v) is 17.3. The van der Waals surface area contributed by atoms with Crippen LogP contribution in [0.3, 0.4) is 0 Å². The van der Waals surface area contributed by atoms with E-state index in [1.54, 1.807) is 68.2 Å². The number of carbonyl (C=O) groups excluding carboxylic acids is 4. The molecule has 1 atom stereocenters.